The smallest absolute Gasteiger partial charge is 0.223 e. The van der Waals surface area contributed by atoms with Gasteiger partial charge >= 0.3 is 0 Å². The molecule has 0 saturated carbocycles. The average molecular weight is 292 g/mol. The molecule has 0 spiro atoms. The number of nitrogens with two attached hydrogens (primary N) is 1. The Balaban J connectivity index is 2.12. The SMILES string of the molecule is CCc1cc2c(N3CCC(C)C3CO)nc(N)nc2s1. The molecule has 0 amide bonds. The molecule has 6 heteroatoms. The van der Waals surface area contributed by atoms with E-state index in [-0.39, 0.29) is 12.6 Å². The second kappa shape index (κ2) is 5.18. The van der Waals surface area contributed by atoms with Crippen molar-refractivity contribution >= 4 is 33.3 Å². The highest BCUT2D eigenvalue weighted by atomic mass is 32.1. The molecule has 20 heavy (non-hydrogen) atoms. The molecule has 2 aromatic rings. The van der Waals surface area contributed by atoms with Crippen LogP contribution in [0.1, 0.15) is 25.1 Å². The van der Waals surface area contributed by atoms with E-state index in [0.717, 1.165) is 35.4 Å². The van der Waals surface area contributed by atoms with Gasteiger partial charge in [-0.15, -0.1) is 11.3 Å². The molecule has 3 heterocycles. The van der Waals surface area contributed by atoms with Crippen molar-refractivity contribution in [1.82, 2.24) is 9.97 Å². The summed E-state index contributed by atoms with van der Waals surface area (Å²) in [5.41, 5.74) is 5.86. The quantitative estimate of drug-likeness (QED) is 0.905. The summed E-state index contributed by atoms with van der Waals surface area (Å²) in [4.78, 5) is 13.2. The summed E-state index contributed by atoms with van der Waals surface area (Å²) in [5.74, 6) is 1.66. The van der Waals surface area contributed by atoms with Gasteiger partial charge in [-0.25, -0.2) is 4.98 Å². The van der Waals surface area contributed by atoms with Crippen molar-refractivity contribution in [1.29, 1.82) is 0 Å². The standard InChI is InChI=1S/C14H20N4OS/c1-3-9-6-10-12(16-14(15)17-13(10)20-9)18-5-4-8(2)11(18)7-19/h6,8,11,19H,3-5,7H2,1-2H3,(H2,15,16,17). The Morgan fingerprint density at radius 3 is 3.00 bits per heavy atom. The summed E-state index contributed by atoms with van der Waals surface area (Å²) in [7, 11) is 0. The normalized spacial score (nSPS) is 22.9. The van der Waals surface area contributed by atoms with Gasteiger partial charge in [-0.05, 0) is 24.8 Å². The molecule has 0 bridgehead atoms. The molecule has 2 unspecified atom stereocenters. The van der Waals surface area contributed by atoms with Crippen LogP contribution in [0.25, 0.3) is 10.2 Å². The highest BCUT2D eigenvalue weighted by Gasteiger charge is 2.33. The van der Waals surface area contributed by atoms with E-state index < -0.39 is 0 Å². The fourth-order valence-electron chi connectivity index (χ4n) is 2.92. The van der Waals surface area contributed by atoms with Crippen LogP contribution in [0.4, 0.5) is 11.8 Å². The number of nitrogens with zero attached hydrogens (tertiary/aromatic N) is 3. The van der Waals surface area contributed by atoms with Gasteiger partial charge in [-0.2, -0.15) is 4.98 Å². The maximum absolute atomic E-state index is 9.65. The molecular weight excluding hydrogens is 272 g/mol. The summed E-state index contributed by atoms with van der Waals surface area (Å²) in [6.07, 6.45) is 2.06. The maximum Gasteiger partial charge on any atom is 0.223 e. The van der Waals surface area contributed by atoms with Gasteiger partial charge in [-0.1, -0.05) is 13.8 Å². The minimum Gasteiger partial charge on any atom is -0.394 e. The van der Waals surface area contributed by atoms with Gasteiger partial charge in [0.1, 0.15) is 10.6 Å². The number of aryl methyl sites for hydroxylation is 1. The monoisotopic (exact) mass is 292 g/mol. The summed E-state index contributed by atoms with van der Waals surface area (Å²) in [6, 6.07) is 2.28. The van der Waals surface area contributed by atoms with Crippen LogP contribution in [0.5, 0.6) is 0 Å². The van der Waals surface area contributed by atoms with E-state index >= 15 is 0 Å². The van der Waals surface area contributed by atoms with Crippen LogP contribution >= 0.6 is 11.3 Å². The first-order valence-electron chi connectivity index (χ1n) is 7.07. The lowest BCUT2D eigenvalue weighted by Crippen LogP contribution is -2.36. The zero-order valence-electron chi connectivity index (χ0n) is 11.8. The molecule has 1 saturated heterocycles. The van der Waals surface area contributed by atoms with Gasteiger partial charge in [0.15, 0.2) is 0 Å². The van der Waals surface area contributed by atoms with Crippen molar-refractivity contribution < 1.29 is 5.11 Å². The van der Waals surface area contributed by atoms with E-state index in [1.807, 2.05) is 0 Å². The largest absolute Gasteiger partial charge is 0.394 e. The third kappa shape index (κ3) is 2.13. The highest BCUT2D eigenvalue weighted by Crippen LogP contribution is 2.36. The Bertz CT molecular complexity index is 627. The van der Waals surface area contributed by atoms with E-state index in [1.165, 1.54) is 4.88 Å². The summed E-state index contributed by atoms with van der Waals surface area (Å²) in [6.45, 7) is 5.37. The molecule has 0 radical (unpaired) electrons. The van der Waals surface area contributed by atoms with Crippen molar-refractivity contribution in [3.8, 4) is 0 Å². The Morgan fingerprint density at radius 2 is 2.30 bits per heavy atom. The molecule has 108 valence electrons. The number of hydrogen-bond acceptors (Lipinski definition) is 6. The van der Waals surface area contributed by atoms with Crippen molar-refractivity contribution in [3.63, 3.8) is 0 Å². The number of thiophene rings is 1. The molecule has 3 N–H and O–H groups in total. The summed E-state index contributed by atoms with van der Waals surface area (Å²) >= 11 is 1.67. The van der Waals surface area contributed by atoms with Gasteiger partial charge < -0.3 is 15.7 Å². The first kappa shape index (κ1) is 13.6. The van der Waals surface area contributed by atoms with E-state index in [9.17, 15) is 5.11 Å². The third-order valence-electron chi connectivity index (χ3n) is 4.13. The molecule has 3 rings (SSSR count). The fourth-order valence-corrected chi connectivity index (χ4v) is 3.88. The van der Waals surface area contributed by atoms with Gasteiger partial charge in [0.05, 0.1) is 18.0 Å². The molecule has 5 nitrogen and oxygen atoms in total. The second-order valence-electron chi connectivity index (χ2n) is 5.40. The van der Waals surface area contributed by atoms with E-state index in [0.29, 0.717) is 11.9 Å². The average Bonchev–Trinajstić information content (AvgIpc) is 3.00. The van der Waals surface area contributed by atoms with Crippen LogP contribution in [-0.2, 0) is 6.42 Å². The number of rotatable bonds is 3. The lowest BCUT2D eigenvalue weighted by Gasteiger charge is -2.26. The van der Waals surface area contributed by atoms with Crippen LogP contribution in [0.15, 0.2) is 6.07 Å². The zero-order chi connectivity index (χ0) is 14.3. The summed E-state index contributed by atoms with van der Waals surface area (Å²) < 4.78 is 0. The number of fused-ring (bicyclic) bond motifs is 1. The van der Waals surface area contributed by atoms with Crippen LogP contribution in [0.2, 0.25) is 0 Å². The Labute approximate surface area is 122 Å². The van der Waals surface area contributed by atoms with Crippen molar-refractivity contribution in [2.75, 3.05) is 23.8 Å². The maximum atomic E-state index is 9.65. The molecule has 1 fully saturated rings. The molecule has 1 aliphatic heterocycles. The topological polar surface area (TPSA) is 75.3 Å². The molecule has 2 atom stereocenters. The van der Waals surface area contributed by atoms with Crippen LogP contribution in [-0.4, -0.2) is 34.3 Å². The molecule has 1 aliphatic rings. The Morgan fingerprint density at radius 1 is 1.50 bits per heavy atom. The predicted octanol–water partition coefficient (Wildman–Crippen LogP) is 2.04. The molecule has 0 aliphatic carbocycles. The van der Waals surface area contributed by atoms with Crippen LogP contribution < -0.4 is 10.6 Å². The van der Waals surface area contributed by atoms with Gasteiger partial charge in [-0.3, -0.25) is 0 Å². The first-order valence-corrected chi connectivity index (χ1v) is 7.89. The summed E-state index contributed by atoms with van der Waals surface area (Å²) in [5, 5.41) is 10.7. The molecule has 0 aromatic carbocycles. The van der Waals surface area contributed by atoms with Gasteiger partial charge in [0, 0.05) is 11.4 Å². The minimum atomic E-state index is 0.123. The third-order valence-corrected chi connectivity index (χ3v) is 5.30. The number of aliphatic hydroxyl groups excluding tert-OH is 1. The fraction of sp³-hybridized carbons (Fsp3) is 0.571. The van der Waals surface area contributed by atoms with Crippen LogP contribution in [0.3, 0.4) is 0 Å². The van der Waals surface area contributed by atoms with E-state index in [4.69, 9.17) is 5.73 Å². The minimum absolute atomic E-state index is 0.123. The van der Waals surface area contributed by atoms with Crippen molar-refractivity contribution in [3.05, 3.63) is 10.9 Å². The number of hydrogen-bond donors (Lipinski definition) is 2. The lowest BCUT2D eigenvalue weighted by molar-refractivity contribution is 0.244. The Hall–Kier alpha value is -1.40. The zero-order valence-corrected chi connectivity index (χ0v) is 12.7. The van der Waals surface area contributed by atoms with Gasteiger partial charge in [0.2, 0.25) is 5.95 Å². The Kier molecular flexibility index (Phi) is 3.52. The van der Waals surface area contributed by atoms with E-state index in [2.05, 4.69) is 34.8 Å². The van der Waals surface area contributed by atoms with Gasteiger partial charge in [0.25, 0.3) is 0 Å². The predicted molar refractivity (Wildman–Crippen MR) is 83.2 cm³/mol. The van der Waals surface area contributed by atoms with Crippen LogP contribution in [0, 0.1) is 5.92 Å². The first-order chi connectivity index (χ1) is 9.63. The number of aliphatic hydroxyl groups is 1. The van der Waals surface area contributed by atoms with Crippen molar-refractivity contribution in [2.24, 2.45) is 5.92 Å². The van der Waals surface area contributed by atoms with E-state index in [1.54, 1.807) is 11.3 Å². The second-order valence-corrected chi connectivity index (χ2v) is 6.51. The number of anilines is 2. The molecular formula is C14H20N4OS. The molecule has 2 aromatic heterocycles. The van der Waals surface area contributed by atoms with Crippen molar-refractivity contribution in [2.45, 2.75) is 32.7 Å². The lowest BCUT2D eigenvalue weighted by atomic mass is 10.0. The number of nitrogen functional groups attached to an aromatic ring is 1. The number of aromatic nitrogens is 2. The highest BCUT2D eigenvalue weighted by molar-refractivity contribution is 7.18.